The average molecular weight is 100 g/mol. The van der Waals surface area contributed by atoms with Crippen molar-refractivity contribution >= 4 is 0 Å². The molecule has 1 aliphatic heterocycles. The van der Waals surface area contributed by atoms with E-state index < -0.39 is 0 Å². The van der Waals surface area contributed by atoms with Gasteiger partial charge >= 0.3 is 0 Å². The van der Waals surface area contributed by atoms with E-state index in [1.807, 2.05) is 12.3 Å². The molecule has 0 saturated heterocycles. The van der Waals surface area contributed by atoms with Crippen LogP contribution in [0.25, 0.3) is 0 Å². The molecule has 4 N–H and O–H groups in total. The maximum absolute atomic E-state index is 5.01. The number of nitrogens with two attached hydrogens (primary N) is 1. The molecule has 0 aromatic carbocycles. The van der Waals surface area contributed by atoms with Crippen molar-refractivity contribution in [2.24, 2.45) is 5.84 Å². The van der Waals surface area contributed by atoms with Gasteiger partial charge in [-0.3, -0.25) is 5.84 Å². The fraction of sp³-hybridized carbons (Fsp3) is 0.333. The van der Waals surface area contributed by atoms with E-state index in [0.29, 0.717) is 0 Å². The summed E-state index contributed by atoms with van der Waals surface area (Å²) >= 11 is 0. The highest BCUT2D eigenvalue weighted by molar-refractivity contribution is 4.86. The van der Waals surface area contributed by atoms with E-state index in [1.165, 1.54) is 0 Å². The highest BCUT2D eigenvalue weighted by Crippen LogP contribution is 1.82. The first kappa shape index (κ1) is 4.58. The lowest BCUT2D eigenvalue weighted by atomic mass is 10.7. The zero-order chi connectivity index (χ0) is 5.11. The molecule has 4 heteroatoms. The van der Waals surface area contributed by atoms with Crippen LogP contribution in [0.5, 0.6) is 0 Å². The monoisotopic (exact) mass is 100 g/mol. The molecule has 0 bridgehead atoms. The Bertz CT molecular complexity index is 71.0. The molecule has 0 aliphatic carbocycles. The van der Waals surface area contributed by atoms with Crippen LogP contribution in [0.3, 0.4) is 0 Å². The van der Waals surface area contributed by atoms with E-state index in [1.54, 1.807) is 5.12 Å². The second-order valence-electron chi connectivity index (χ2n) is 1.27. The largest absolute Gasteiger partial charge is 0.312 e. The van der Waals surface area contributed by atoms with E-state index in [0.717, 1.165) is 6.54 Å². The van der Waals surface area contributed by atoms with Crippen molar-refractivity contribution in [1.82, 2.24) is 16.1 Å². The SMILES string of the molecule is NNN1CC=CN1. The standard InChI is InChI=1S/C3H8N4/c4-6-7-3-1-2-5-7/h1-2,5-6H,3-4H2. The summed E-state index contributed by atoms with van der Waals surface area (Å²) in [4.78, 5) is 0. The normalized spacial score (nSPS) is 20.1. The molecule has 0 amide bonds. The van der Waals surface area contributed by atoms with Crippen LogP contribution >= 0.6 is 0 Å². The van der Waals surface area contributed by atoms with Crippen molar-refractivity contribution in [3.63, 3.8) is 0 Å². The van der Waals surface area contributed by atoms with Crippen LogP contribution in [0.2, 0.25) is 0 Å². The highest BCUT2D eigenvalue weighted by atomic mass is 15.8. The van der Waals surface area contributed by atoms with E-state index in [9.17, 15) is 0 Å². The van der Waals surface area contributed by atoms with Gasteiger partial charge in [-0.05, 0) is 6.08 Å². The predicted molar refractivity (Wildman–Crippen MR) is 26.3 cm³/mol. The van der Waals surface area contributed by atoms with Crippen molar-refractivity contribution in [3.05, 3.63) is 12.3 Å². The van der Waals surface area contributed by atoms with E-state index in [4.69, 9.17) is 5.84 Å². The lowest BCUT2D eigenvalue weighted by molar-refractivity contribution is 0.178. The zero-order valence-corrected chi connectivity index (χ0v) is 3.89. The smallest absolute Gasteiger partial charge is 0.0549 e. The third-order valence-electron chi connectivity index (χ3n) is 0.792. The summed E-state index contributed by atoms with van der Waals surface area (Å²) in [5, 5.41) is 1.65. The Labute approximate surface area is 41.9 Å². The van der Waals surface area contributed by atoms with Gasteiger partial charge in [-0.15, -0.1) is 5.12 Å². The Morgan fingerprint density at radius 1 is 1.86 bits per heavy atom. The predicted octanol–water partition coefficient (Wildman–Crippen LogP) is -1.30. The highest BCUT2D eigenvalue weighted by Gasteiger charge is 1.98. The van der Waals surface area contributed by atoms with Gasteiger partial charge in [-0.2, -0.15) is 5.53 Å². The molecular formula is C3H8N4. The van der Waals surface area contributed by atoms with Crippen LogP contribution < -0.4 is 16.8 Å². The summed E-state index contributed by atoms with van der Waals surface area (Å²) in [5.41, 5.74) is 5.25. The second kappa shape index (κ2) is 1.92. The van der Waals surface area contributed by atoms with Crippen LogP contribution in [0, 0.1) is 0 Å². The van der Waals surface area contributed by atoms with Crippen molar-refractivity contribution in [1.29, 1.82) is 0 Å². The third kappa shape index (κ3) is 0.894. The first-order chi connectivity index (χ1) is 3.43. The quantitative estimate of drug-likeness (QED) is 0.283. The third-order valence-corrected chi connectivity index (χ3v) is 0.792. The number of rotatable bonds is 1. The summed E-state index contributed by atoms with van der Waals surface area (Å²) in [5.74, 6) is 5.01. The van der Waals surface area contributed by atoms with Gasteiger partial charge in [0.2, 0.25) is 0 Å². The molecule has 0 aromatic rings. The van der Waals surface area contributed by atoms with Crippen LogP contribution in [-0.4, -0.2) is 11.7 Å². The van der Waals surface area contributed by atoms with Crippen molar-refractivity contribution in [2.45, 2.75) is 0 Å². The number of hydrogen-bond acceptors (Lipinski definition) is 4. The van der Waals surface area contributed by atoms with E-state index >= 15 is 0 Å². The van der Waals surface area contributed by atoms with Gasteiger partial charge in [0.25, 0.3) is 0 Å². The minimum absolute atomic E-state index is 0.816. The molecule has 7 heavy (non-hydrogen) atoms. The fourth-order valence-corrected chi connectivity index (χ4v) is 0.443. The van der Waals surface area contributed by atoms with E-state index in [2.05, 4.69) is 11.0 Å². The lowest BCUT2D eigenvalue weighted by Crippen LogP contribution is -2.46. The Balaban J connectivity index is 2.22. The van der Waals surface area contributed by atoms with Crippen molar-refractivity contribution in [3.8, 4) is 0 Å². The van der Waals surface area contributed by atoms with Gasteiger partial charge in [0.05, 0.1) is 6.54 Å². The Morgan fingerprint density at radius 2 is 2.71 bits per heavy atom. The van der Waals surface area contributed by atoms with Crippen LogP contribution in [0.15, 0.2) is 12.3 Å². The maximum atomic E-state index is 5.01. The first-order valence-corrected chi connectivity index (χ1v) is 2.08. The molecular weight excluding hydrogens is 92.1 g/mol. The molecule has 0 radical (unpaired) electrons. The summed E-state index contributed by atoms with van der Waals surface area (Å²) in [6.07, 6.45) is 3.78. The minimum atomic E-state index is 0.816. The van der Waals surface area contributed by atoms with Crippen LogP contribution in [0.4, 0.5) is 0 Å². The van der Waals surface area contributed by atoms with Crippen molar-refractivity contribution < 1.29 is 0 Å². The molecule has 0 saturated carbocycles. The van der Waals surface area contributed by atoms with Gasteiger partial charge in [0, 0.05) is 6.20 Å². The molecule has 0 fully saturated rings. The van der Waals surface area contributed by atoms with Crippen molar-refractivity contribution in [2.75, 3.05) is 6.54 Å². The molecule has 0 aromatic heterocycles. The van der Waals surface area contributed by atoms with Gasteiger partial charge in [-0.25, -0.2) is 0 Å². The molecule has 4 nitrogen and oxygen atoms in total. The number of nitrogens with one attached hydrogen (secondary N) is 2. The van der Waals surface area contributed by atoms with Gasteiger partial charge < -0.3 is 5.43 Å². The molecule has 1 rings (SSSR count). The second-order valence-corrected chi connectivity index (χ2v) is 1.27. The summed E-state index contributed by atoms with van der Waals surface area (Å²) < 4.78 is 0. The average Bonchev–Trinajstić information content (AvgIpc) is 2.14. The Morgan fingerprint density at radius 3 is 3.00 bits per heavy atom. The maximum Gasteiger partial charge on any atom is 0.0549 e. The lowest BCUT2D eigenvalue weighted by Gasteiger charge is -2.11. The van der Waals surface area contributed by atoms with Gasteiger partial charge in [0.15, 0.2) is 0 Å². The summed E-state index contributed by atoms with van der Waals surface area (Å²) in [6.45, 7) is 0.816. The van der Waals surface area contributed by atoms with Gasteiger partial charge in [0.1, 0.15) is 0 Å². The Hall–Kier alpha value is -0.580. The number of hydrogen-bond donors (Lipinski definition) is 3. The fourth-order valence-electron chi connectivity index (χ4n) is 0.443. The Kier molecular flexibility index (Phi) is 1.26. The molecule has 40 valence electrons. The van der Waals surface area contributed by atoms with Gasteiger partial charge in [-0.1, -0.05) is 0 Å². The molecule has 0 spiro atoms. The van der Waals surface area contributed by atoms with Crippen LogP contribution in [-0.2, 0) is 0 Å². The summed E-state index contributed by atoms with van der Waals surface area (Å²) in [7, 11) is 0. The summed E-state index contributed by atoms with van der Waals surface area (Å²) in [6, 6.07) is 0. The minimum Gasteiger partial charge on any atom is -0.312 e. The molecule has 0 atom stereocenters. The molecule has 1 aliphatic rings. The topological polar surface area (TPSA) is 53.3 Å². The van der Waals surface area contributed by atoms with Crippen LogP contribution in [0.1, 0.15) is 0 Å². The first-order valence-electron chi connectivity index (χ1n) is 2.08. The number of hydrazine groups is 3. The number of nitrogens with zero attached hydrogens (tertiary/aromatic N) is 1. The molecule has 0 unspecified atom stereocenters. The zero-order valence-electron chi connectivity index (χ0n) is 3.89. The molecule has 1 heterocycles. The van der Waals surface area contributed by atoms with E-state index in [-0.39, 0.29) is 0 Å².